The maximum Gasteiger partial charge on any atom is 0.416 e. The highest BCUT2D eigenvalue weighted by Gasteiger charge is 2.54. The predicted molar refractivity (Wildman–Crippen MR) is 132 cm³/mol. The number of hydrogen-bond donors (Lipinski definition) is 1. The molecule has 3 atom stereocenters. The number of amides is 2. The van der Waals surface area contributed by atoms with E-state index >= 15 is 0 Å². The summed E-state index contributed by atoms with van der Waals surface area (Å²) in [6.07, 6.45) is -8.77. The van der Waals surface area contributed by atoms with E-state index in [0.29, 0.717) is 29.3 Å². The number of likely N-dealkylation sites (tertiary alicyclic amines) is 1. The third kappa shape index (κ3) is 5.52. The molecule has 2 aliphatic rings. The van der Waals surface area contributed by atoms with Gasteiger partial charge in [0.25, 0.3) is 11.8 Å². The largest absolute Gasteiger partial charge is 0.416 e. The zero-order chi connectivity index (χ0) is 28.3. The van der Waals surface area contributed by atoms with Crippen molar-refractivity contribution in [1.82, 2.24) is 15.2 Å². The Labute approximate surface area is 223 Å². The molecule has 5 rings (SSSR count). The van der Waals surface area contributed by atoms with Gasteiger partial charge >= 0.3 is 12.4 Å². The molecule has 206 valence electrons. The monoisotopic (exact) mass is 567 g/mol. The van der Waals surface area contributed by atoms with Crippen molar-refractivity contribution in [1.29, 1.82) is 0 Å². The van der Waals surface area contributed by atoms with E-state index in [2.05, 4.69) is 10.3 Å². The van der Waals surface area contributed by atoms with Gasteiger partial charge in [-0.3, -0.25) is 9.59 Å². The summed E-state index contributed by atoms with van der Waals surface area (Å²) in [5.41, 5.74) is -1.72. The van der Waals surface area contributed by atoms with Crippen LogP contribution in [0.15, 0.2) is 42.5 Å². The van der Waals surface area contributed by atoms with Gasteiger partial charge in [-0.15, -0.1) is 11.3 Å². The lowest BCUT2D eigenvalue weighted by Crippen LogP contribution is -2.45. The average Bonchev–Trinajstić information content (AvgIpc) is 3.34. The molecule has 5 nitrogen and oxygen atoms in total. The van der Waals surface area contributed by atoms with Gasteiger partial charge in [0.1, 0.15) is 5.69 Å². The molecule has 1 saturated heterocycles. The summed E-state index contributed by atoms with van der Waals surface area (Å²) in [4.78, 5) is 33.3. The Kier molecular flexibility index (Phi) is 6.72. The summed E-state index contributed by atoms with van der Waals surface area (Å²) in [5.74, 6) is -1.16. The molecule has 1 aromatic heterocycles. The van der Waals surface area contributed by atoms with Gasteiger partial charge in [0.15, 0.2) is 0 Å². The van der Waals surface area contributed by atoms with Crippen molar-refractivity contribution < 1.29 is 35.9 Å². The Bertz CT molecular complexity index is 1420. The van der Waals surface area contributed by atoms with Crippen LogP contribution in [0.25, 0.3) is 10.4 Å². The van der Waals surface area contributed by atoms with E-state index in [4.69, 9.17) is 0 Å². The van der Waals surface area contributed by atoms with Crippen LogP contribution in [-0.2, 0) is 12.4 Å². The van der Waals surface area contributed by atoms with Gasteiger partial charge in [0.2, 0.25) is 0 Å². The molecule has 2 aromatic carbocycles. The number of aryl methyl sites for hydroxylation is 2. The molecule has 39 heavy (non-hydrogen) atoms. The lowest BCUT2D eigenvalue weighted by molar-refractivity contribution is -0.143. The van der Waals surface area contributed by atoms with E-state index in [9.17, 15) is 35.9 Å². The SMILES string of the molecule is Cc1cccc(-c2sc(C)nc2C(=O)N2[C@H](CNC(=O)c3cc(C(F)(F)F)cc(C(F)(F)F)c3)C[C@H]3C[C@@H]32)c1. The number of carbonyl (C=O) groups excluding carboxylic acids is 2. The van der Waals surface area contributed by atoms with Crippen molar-refractivity contribution in [2.45, 2.75) is 51.1 Å². The first-order valence-electron chi connectivity index (χ1n) is 12.2. The number of benzene rings is 2. The lowest BCUT2D eigenvalue weighted by atomic mass is 10.0. The first-order chi connectivity index (χ1) is 18.2. The van der Waals surface area contributed by atoms with Crippen molar-refractivity contribution in [3.63, 3.8) is 0 Å². The smallest absolute Gasteiger partial charge is 0.350 e. The van der Waals surface area contributed by atoms with Crippen molar-refractivity contribution >= 4 is 23.2 Å². The molecule has 0 spiro atoms. The van der Waals surface area contributed by atoms with E-state index in [0.717, 1.165) is 22.4 Å². The van der Waals surface area contributed by atoms with Crippen LogP contribution in [0.3, 0.4) is 0 Å². The van der Waals surface area contributed by atoms with Gasteiger partial charge in [-0.25, -0.2) is 4.98 Å². The summed E-state index contributed by atoms with van der Waals surface area (Å²) in [6, 6.07) is 7.92. The van der Waals surface area contributed by atoms with E-state index in [-0.39, 0.29) is 30.5 Å². The molecule has 1 aliphatic heterocycles. The van der Waals surface area contributed by atoms with Gasteiger partial charge in [0, 0.05) is 18.2 Å². The second kappa shape index (κ2) is 9.65. The minimum atomic E-state index is -5.06. The molecule has 0 radical (unpaired) electrons. The number of nitrogens with one attached hydrogen (secondary N) is 1. The number of thiazole rings is 1. The number of nitrogens with zero attached hydrogens (tertiary/aromatic N) is 2. The Morgan fingerprint density at radius 3 is 2.28 bits per heavy atom. The van der Waals surface area contributed by atoms with Crippen LogP contribution in [0.4, 0.5) is 26.3 Å². The van der Waals surface area contributed by atoms with Gasteiger partial charge in [-0.2, -0.15) is 26.3 Å². The minimum absolute atomic E-state index is 0.0245. The fourth-order valence-electron chi connectivity index (χ4n) is 5.13. The normalized spacial score (nSPS) is 20.6. The Balaban J connectivity index is 1.36. The van der Waals surface area contributed by atoms with Gasteiger partial charge < -0.3 is 10.2 Å². The van der Waals surface area contributed by atoms with Crippen molar-refractivity contribution in [3.8, 4) is 10.4 Å². The fourth-order valence-corrected chi connectivity index (χ4v) is 6.04. The lowest BCUT2D eigenvalue weighted by Gasteiger charge is -2.28. The predicted octanol–water partition coefficient (Wildman–Crippen LogP) is 6.50. The molecular formula is C27H23F6N3O2S. The van der Waals surface area contributed by atoms with E-state index in [1.165, 1.54) is 11.3 Å². The Hall–Kier alpha value is -3.41. The van der Waals surface area contributed by atoms with Crippen LogP contribution in [-0.4, -0.2) is 40.3 Å². The van der Waals surface area contributed by atoms with Crippen LogP contribution >= 0.6 is 11.3 Å². The van der Waals surface area contributed by atoms with Crippen LogP contribution in [0.5, 0.6) is 0 Å². The molecule has 1 aliphatic carbocycles. The van der Waals surface area contributed by atoms with Crippen LogP contribution < -0.4 is 5.32 Å². The summed E-state index contributed by atoms with van der Waals surface area (Å²) in [6.45, 7) is 3.62. The van der Waals surface area contributed by atoms with E-state index in [1.54, 1.807) is 11.8 Å². The molecule has 1 saturated carbocycles. The number of piperidine rings is 1. The van der Waals surface area contributed by atoms with Crippen LogP contribution in [0.2, 0.25) is 0 Å². The number of fused-ring (bicyclic) bond motifs is 1. The maximum absolute atomic E-state index is 13.7. The molecule has 2 heterocycles. The zero-order valence-electron chi connectivity index (χ0n) is 20.8. The van der Waals surface area contributed by atoms with Gasteiger partial charge in [-0.05, 0) is 56.4 Å². The van der Waals surface area contributed by atoms with Crippen molar-refractivity contribution in [2.24, 2.45) is 5.92 Å². The van der Waals surface area contributed by atoms with Crippen LogP contribution in [0.1, 0.15) is 55.4 Å². The highest BCUT2D eigenvalue weighted by atomic mass is 32.1. The van der Waals surface area contributed by atoms with E-state index < -0.39 is 41.0 Å². The zero-order valence-corrected chi connectivity index (χ0v) is 21.6. The first kappa shape index (κ1) is 27.2. The Morgan fingerprint density at radius 2 is 1.67 bits per heavy atom. The molecule has 3 aromatic rings. The average molecular weight is 568 g/mol. The molecule has 0 unspecified atom stereocenters. The molecule has 12 heteroatoms. The number of hydrogen-bond acceptors (Lipinski definition) is 4. The quantitative estimate of drug-likeness (QED) is 0.358. The van der Waals surface area contributed by atoms with Gasteiger partial charge in [-0.1, -0.05) is 29.8 Å². The van der Waals surface area contributed by atoms with Crippen molar-refractivity contribution in [3.05, 3.63) is 75.4 Å². The number of carbonyl (C=O) groups is 2. The second-order valence-electron chi connectivity index (χ2n) is 9.95. The molecule has 2 fully saturated rings. The van der Waals surface area contributed by atoms with Crippen molar-refractivity contribution in [2.75, 3.05) is 6.54 Å². The minimum Gasteiger partial charge on any atom is -0.350 e. The number of aromatic nitrogens is 1. The molecule has 0 bridgehead atoms. The Morgan fingerprint density at radius 1 is 1.00 bits per heavy atom. The summed E-state index contributed by atoms with van der Waals surface area (Å²) in [5, 5.41) is 3.15. The standard InChI is InChI=1S/C27H23F6N3O2S/c1-13-4-3-5-15(6-13)23-22(35-14(2)39-23)25(38)36-20(9-16-10-21(16)36)12-34-24(37)17-7-18(26(28,29)30)11-19(8-17)27(31,32)33/h3-8,11,16,20-21H,9-10,12H2,1-2H3,(H,34,37)/t16-,20-,21-/m0/s1. The number of alkyl halides is 6. The second-order valence-corrected chi connectivity index (χ2v) is 11.2. The maximum atomic E-state index is 13.7. The third-order valence-electron chi connectivity index (χ3n) is 7.01. The number of rotatable bonds is 5. The van der Waals surface area contributed by atoms with Crippen LogP contribution in [0, 0.1) is 19.8 Å². The highest BCUT2D eigenvalue weighted by molar-refractivity contribution is 7.15. The topological polar surface area (TPSA) is 62.3 Å². The highest BCUT2D eigenvalue weighted by Crippen LogP contribution is 2.49. The summed E-state index contributed by atoms with van der Waals surface area (Å²) in [7, 11) is 0. The molecule has 2 amide bonds. The molecular weight excluding hydrogens is 544 g/mol. The number of halogens is 6. The first-order valence-corrected chi connectivity index (χ1v) is 13.0. The van der Waals surface area contributed by atoms with E-state index in [1.807, 2.05) is 31.2 Å². The summed E-state index contributed by atoms with van der Waals surface area (Å²) < 4.78 is 79.3. The third-order valence-corrected chi connectivity index (χ3v) is 8.03. The van der Waals surface area contributed by atoms with Gasteiger partial charge in [0.05, 0.1) is 27.1 Å². The molecule has 1 N–H and O–H groups in total. The fraction of sp³-hybridized carbons (Fsp3) is 0.370. The summed E-state index contributed by atoms with van der Waals surface area (Å²) >= 11 is 1.39.